The highest BCUT2D eigenvalue weighted by Gasteiger charge is 2.11. The molecule has 0 amide bonds. The molecular formula is C13H17NO4S. The van der Waals surface area contributed by atoms with Crippen LogP contribution in [0.4, 0.5) is 0 Å². The third kappa shape index (κ3) is 5.30. The number of hydrogen-bond donors (Lipinski definition) is 0. The van der Waals surface area contributed by atoms with Gasteiger partial charge in [0.25, 0.3) is 0 Å². The molecule has 1 atom stereocenters. The van der Waals surface area contributed by atoms with Gasteiger partial charge in [0, 0.05) is 11.0 Å². The Labute approximate surface area is 116 Å². The minimum atomic E-state index is -0.450. The van der Waals surface area contributed by atoms with Crippen molar-refractivity contribution in [2.45, 2.75) is 24.3 Å². The monoisotopic (exact) mass is 283 g/mol. The Hall–Kier alpha value is -1.56. The molecule has 19 heavy (non-hydrogen) atoms. The zero-order valence-corrected chi connectivity index (χ0v) is 12.0. The quantitative estimate of drug-likeness (QED) is 0.744. The summed E-state index contributed by atoms with van der Waals surface area (Å²) < 4.78 is 9.22. The van der Waals surface area contributed by atoms with Crippen molar-refractivity contribution in [1.82, 2.24) is 4.98 Å². The average molecular weight is 283 g/mol. The summed E-state index contributed by atoms with van der Waals surface area (Å²) in [6.07, 6.45) is 0.359. The van der Waals surface area contributed by atoms with Gasteiger partial charge in [0.15, 0.2) is 0 Å². The van der Waals surface area contributed by atoms with Crippen LogP contribution in [-0.2, 0) is 20.0 Å². The summed E-state index contributed by atoms with van der Waals surface area (Å²) in [5.74, 6) is -0.0473. The first-order chi connectivity index (χ1) is 9.06. The van der Waals surface area contributed by atoms with Crippen molar-refractivity contribution < 1.29 is 19.1 Å². The maximum absolute atomic E-state index is 11.3. The first-order valence-electron chi connectivity index (χ1n) is 5.79. The van der Waals surface area contributed by atoms with E-state index in [1.165, 1.54) is 14.2 Å². The zero-order valence-electron chi connectivity index (χ0n) is 11.2. The van der Waals surface area contributed by atoms with E-state index in [4.69, 9.17) is 0 Å². The third-order valence-electron chi connectivity index (χ3n) is 2.40. The SMILES string of the molecule is COC(=O)CC(C)SCc1cccc(C(=O)OC)n1. The van der Waals surface area contributed by atoms with Gasteiger partial charge in [0.05, 0.1) is 26.3 Å². The third-order valence-corrected chi connectivity index (χ3v) is 3.60. The van der Waals surface area contributed by atoms with E-state index in [2.05, 4.69) is 14.5 Å². The summed E-state index contributed by atoms with van der Waals surface area (Å²) in [4.78, 5) is 26.6. The number of pyridine rings is 1. The van der Waals surface area contributed by atoms with Gasteiger partial charge in [-0.25, -0.2) is 9.78 Å². The summed E-state index contributed by atoms with van der Waals surface area (Å²) >= 11 is 1.59. The van der Waals surface area contributed by atoms with Crippen LogP contribution >= 0.6 is 11.8 Å². The van der Waals surface area contributed by atoms with Gasteiger partial charge >= 0.3 is 11.9 Å². The second-order valence-electron chi connectivity index (χ2n) is 3.91. The first kappa shape index (κ1) is 15.5. The molecule has 1 rings (SSSR count). The molecule has 104 valence electrons. The molecule has 5 nitrogen and oxygen atoms in total. The topological polar surface area (TPSA) is 65.5 Å². The van der Waals surface area contributed by atoms with Crippen molar-refractivity contribution in [3.05, 3.63) is 29.6 Å². The van der Waals surface area contributed by atoms with E-state index in [0.29, 0.717) is 17.9 Å². The molecule has 0 saturated heterocycles. The van der Waals surface area contributed by atoms with Gasteiger partial charge in [-0.2, -0.15) is 11.8 Å². The van der Waals surface area contributed by atoms with Crippen molar-refractivity contribution in [2.24, 2.45) is 0 Å². The molecule has 6 heteroatoms. The minimum Gasteiger partial charge on any atom is -0.469 e. The Bertz CT molecular complexity index is 450. The number of nitrogens with zero attached hydrogens (tertiary/aromatic N) is 1. The second kappa shape index (κ2) is 7.78. The van der Waals surface area contributed by atoms with Gasteiger partial charge in [-0.15, -0.1) is 0 Å². The fourth-order valence-electron chi connectivity index (χ4n) is 1.38. The lowest BCUT2D eigenvalue weighted by Crippen LogP contribution is -2.09. The highest BCUT2D eigenvalue weighted by molar-refractivity contribution is 7.99. The normalized spacial score (nSPS) is 11.7. The van der Waals surface area contributed by atoms with Crippen LogP contribution in [0.3, 0.4) is 0 Å². The number of carbonyl (C=O) groups excluding carboxylic acids is 2. The maximum Gasteiger partial charge on any atom is 0.356 e. The molecule has 0 spiro atoms. The van der Waals surface area contributed by atoms with Gasteiger partial charge < -0.3 is 9.47 Å². The van der Waals surface area contributed by atoms with Crippen LogP contribution in [0.15, 0.2) is 18.2 Å². The number of aromatic nitrogens is 1. The Kier molecular flexibility index (Phi) is 6.35. The van der Waals surface area contributed by atoms with E-state index in [0.717, 1.165) is 5.69 Å². The lowest BCUT2D eigenvalue weighted by atomic mass is 10.3. The van der Waals surface area contributed by atoms with Crippen molar-refractivity contribution in [2.75, 3.05) is 14.2 Å². The van der Waals surface area contributed by atoms with E-state index in [9.17, 15) is 9.59 Å². The number of hydrogen-bond acceptors (Lipinski definition) is 6. The molecule has 0 aliphatic heterocycles. The molecule has 1 unspecified atom stereocenters. The molecule has 0 aliphatic carbocycles. The number of esters is 2. The smallest absolute Gasteiger partial charge is 0.356 e. The van der Waals surface area contributed by atoms with Crippen molar-refractivity contribution in [3.63, 3.8) is 0 Å². The number of ether oxygens (including phenoxy) is 2. The van der Waals surface area contributed by atoms with E-state index >= 15 is 0 Å². The average Bonchev–Trinajstić information content (AvgIpc) is 2.44. The molecule has 0 aromatic carbocycles. The highest BCUT2D eigenvalue weighted by Crippen LogP contribution is 2.19. The van der Waals surface area contributed by atoms with Crippen LogP contribution in [0, 0.1) is 0 Å². The van der Waals surface area contributed by atoms with Gasteiger partial charge in [-0.1, -0.05) is 13.0 Å². The molecule has 0 bridgehead atoms. The molecule has 0 N–H and O–H groups in total. The number of rotatable bonds is 6. The van der Waals surface area contributed by atoms with Gasteiger partial charge in [0.1, 0.15) is 5.69 Å². The predicted octanol–water partition coefficient (Wildman–Crippen LogP) is 2.05. The summed E-state index contributed by atoms with van der Waals surface area (Å²) in [6, 6.07) is 5.21. The van der Waals surface area contributed by atoms with E-state index in [1.807, 2.05) is 13.0 Å². The van der Waals surface area contributed by atoms with Crippen LogP contribution in [0.1, 0.15) is 29.5 Å². The summed E-state index contributed by atoms with van der Waals surface area (Å²) in [5.41, 5.74) is 1.07. The fourth-order valence-corrected chi connectivity index (χ4v) is 2.25. The Morgan fingerprint density at radius 1 is 1.32 bits per heavy atom. The largest absolute Gasteiger partial charge is 0.469 e. The van der Waals surface area contributed by atoms with Gasteiger partial charge in [-0.3, -0.25) is 4.79 Å². The fraction of sp³-hybridized carbons (Fsp3) is 0.462. The Morgan fingerprint density at radius 2 is 2.05 bits per heavy atom. The lowest BCUT2D eigenvalue weighted by molar-refractivity contribution is -0.140. The second-order valence-corrected chi connectivity index (χ2v) is 5.33. The number of thioether (sulfide) groups is 1. The summed E-state index contributed by atoms with van der Waals surface area (Å²) in [6.45, 7) is 1.95. The standard InChI is InChI=1S/C13H17NO4S/c1-9(7-12(15)17-2)19-8-10-5-4-6-11(14-10)13(16)18-3/h4-6,9H,7-8H2,1-3H3. The molecule has 1 heterocycles. The maximum atomic E-state index is 11.3. The van der Waals surface area contributed by atoms with Gasteiger partial charge in [0.2, 0.25) is 0 Å². The van der Waals surface area contributed by atoms with Crippen LogP contribution < -0.4 is 0 Å². The van der Waals surface area contributed by atoms with Crippen molar-refractivity contribution in [1.29, 1.82) is 0 Å². The Balaban J connectivity index is 2.53. The van der Waals surface area contributed by atoms with Gasteiger partial charge in [-0.05, 0) is 12.1 Å². The van der Waals surface area contributed by atoms with Crippen LogP contribution in [0.25, 0.3) is 0 Å². The molecule has 0 fully saturated rings. The highest BCUT2D eigenvalue weighted by atomic mass is 32.2. The van der Waals surface area contributed by atoms with E-state index in [1.54, 1.807) is 23.9 Å². The molecule has 1 aromatic rings. The molecule has 0 radical (unpaired) electrons. The number of carbonyl (C=O) groups is 2. The van der Waals surface area contributed by atoms with E-state index < -0.39 is 5.97 Å². The van der Waals surface area contributed by atoms with Crippen molar-refractivity contribution >= 4 is 23.7 Å². The summed E-state index contributed by atoms with van der Waals surface area (Å²) in [5, 5.41) is 0.135. The van der Waals surface area contributed by atoms with E-state index in [-0.39, 0.29) is 11.2 Å². The summed E-state index contributed by atoms with van der Waals surface area (Å²) in [7, 11) is 2.70. The first-order valence-corrected chi connectivity index (χ1v) is 6.84. The van der Waals surface area contributed by atoms with Crippen LogP contribution in [0.5, 0.6) is 0 Å². The van der Waals surface area contributed by atoms with Crippen LogP contribution in [0.2, 0.25) is 0 Å². The predicted molar refractivity (Wildman–Crippen MR) is 73.0 cm³/mol. The lowest BCUT2D eigenvalue weighted by Gasteiger charge is -2.09. The molecule has 0 saturated carbocycles. The number of methoxy groups -OCH3 is 2. The zero-order chi connectivity index (χ0) is 14.3. The minimum absolute atomic E-state index is 0.135. The Morgan fingerprint density at radius 3 is 2.68 bits per heavy atom. The molecular weight excluding hydrogens is 266 g/mol. The molecule has 0 aliphatic rings. The van der Waals surface area contributed by atoms with Crippen molar-refractivity contribution in [3.8, 4) is 0 Å². The van der Waals surface area contributed by atoms with Crippen LogP contribution in [-0.4, -0.2) is 36.4 Å². The molecule has 1 aromatic heterocycles.